The molecule has 3 rings (SSSR count). The Labute approximate surface area is 179 Å². The van der Waals surface area contributed by atoms with E-state index in [0.29, 0.717) is 38.5 Å². The highest BCUT2D eigenvalue weighted by molar-refractivity contribution is 4.89. The monoisotopic (exact) mass is 464 g/mol. The van der Waals surface area contributed by atoms with Crippen molar-refractivity contribution in [1.82, 2.24) is 10.6 Å². The molecule has 0 aromatic carbocycles. The summed E-state index contributed by atoms with van der Waals surface area (Å²) in [5.41, 5.74) is -1.43. The third kappa shape index (κ3) is 8.68. The molecular weight excluding hydrogens is 429 g/mol. The van der Waals surface area contributed by atoms with Crippen LogP contribution in [0.4, 0.5) is 30.7 Å². The van der Waals surface area contributed by atoms with Crippen LogP contribution in [0, 0.1) is 17.8 Å². The van der Waals surface area contributed by atoms with Crippen molar-refractivity contribution in [3.8, 4) is 0 Å². The van der Waals surface area contributed by atoms with Gasteiger partial charge in [-0.3, -0.25) is 0 Å². The van der Waals surface area contributed by atoms with Gasteiger partial charge in [0.2, 0.25) is 0 Å². The average molecular weight is 465 g/mol. The molecule has 0 spiro atoms. The summed E-state index contributed by atoms with van der Waals surface area (Å²) in [5, 5.41) is 6.19. The Hall–Kier alpha value is -0.610. The van der Waals surface area contributed by atoms with Crippen LogP contribution >= 0.6 is 0 Å². The van der Waals surface area contributed by atoms with Crippen molar-refractivity contribution in [3.63, 3.8) is 0 Å². The molecule has 31 heavy (non-hydrogen) atoms. The molecule has 3 aliphatic rings. The molecule has 1 aliphatic heterocycles. The first-order valence-electron chi connectivity index (χ1n) is 11.3. The van der Waals surface area contributed by atoms with Crippen LogP contribution in [-0.4, -0.2) is 56.9 Å². The zero-order chi connectivity index (χ0) is 23.1. The van der Waals surface area contributed by atoms with Crippen LogP contribution in [0.3, 0.4) is 0 Å². The molecule has 2 N–H and O–H groups in total. The van der Waals surface area contributed by atoms with Gasteiger partial charge in [0.05, 0.1) is 25.0 Å². The number of morpholine rings is 1. The van der Waals surface area contributed by atoms with E-state index in [2.05, 4.69) is 10.6 Å². The van der Waals surface area contributed by atoms with Crippen LogP contribution in [0.25, 0.3) is 0 Å². The van der Waals surface area contributed by atoms with Gasteiger partial charge in [-0.15, -0.1) is 0 Å². The van der Waals surface area contributed by atoms with Gasteiger partial charge >= 0.3 is 12.4 Å². The standard InChI is InChI=1S/C11H18F3NO.C10H17F4N/c12-11(13,14)9-3-1-8(2-4-9)10-7-16-6-5-15-10;1-2-15-7-9(11)5-3-8(4-6-9)10(12,13)14/h8-10,15H,1-7H2;8,15H,2-7H2,1H3. The zero-order valence-corrected chi connectivity index (χ0v) is 18.1. The van der Waals surface area contributed by atoms with Crippen molar-refractivity contribution in [3.05, 3.63) is 0 Å². The Kier molecular flexibility index (Phi) is 9.88. The van der Waals surface area contributed by atoms with Gasteiger partial charge in [0, 0.05) is 19.1 Å². The summed E-state index contributed by atoms with van der Waals surface area (Å²) in [6.07, 6.45) is -6.36. The molecule has 1 heterocycles. The molecule has 2 saturated carbocycles. The molecule has 1 atom stereocenters. The zero-order valence-electron chi connectivity index (χ0n) is 18.1. The highest BCUT2D eigenvalue weighted by Gasteiger charge is 2.46. The summed E-state index contributed by atoms with van der Waals surface area (Å²) in [7, 11) is 0. The average Bonchev–Trinajstić information content (AvgIpc) is 2.73. The van der Waals surface area contributed by atoms with E-state index in [0.717, 1.165) is 6.54 Å². The van der Waals surface area contributed by atoms with Crippen molar-refractivity contribution in [2.24, 2.45) is 17.8 Å². The molecule has 0 radical (unpaired) electrons. The number of ether oxygens (including phenoxy) is 1. The lowest BCUT2D eigenvalue weighted by molar-refractivity contribution is -0.188. The summed E-state index contributed by atoms with van der Waals surface area (Å²) >= 11 is 0. The summed E-state index contributed by atoms with van der Waals surface area (Å²) in [6, 6.07) is 0.267. The molecule has 1 unspecified atom stereocenters. The van der Waals surface area contributed by atoms with Gasteiger partial charge in [0.15, 0.2) is 0 Å². The second kappa shape index (κ2) is 11.5. The van der Waals surface area contributed by atoms with Crippen molar-refractivity contribution < 1.29 is 35.5 Å². The molecule has 2 aliphatic carbocycles. The van der Waals surface area contributed by atoms with Gasteiger partial charge in [-0.25, -0.2) is 4.39 Å². The van der Waals surface area contributed by atoms with Crippen molar-refractivity contribution in [1.29, 1.82) is 0 Å². The largest absolute Gasteiger partial charge is 0.391 e. The van der Waals surface area contributed by atoms with E-state index in [9.17, 15) is 30.7 Å². The number of hydrogen-bond donors (Lipinski definition) is 2. The highest BCUT2D eigenvalue weighted by atomic mass is 19.4. The Morgan fingerprint density at radius 2 is 1.45 bits per heavy atom. The fraction of sp³-hybridized carbons (Fsp3) is 1.00. The summed E-state index contributed by atoms with van der Waals surface area (Å²) in [5.74, 6) is -2.02. The quantitative estimate of drug-likeness (QED) is 0.547. The highest BCUT2D eigenvalue weighted by Crippen LogP contribution is 2.42. The number of halogens is 7. The van der Waals surface area contributed by atoms with Gasteiger partial charge in [0.25, 0.3) is 0 Å². The van der Waals surface area contributed by atoms with Gasteiger partial charge < -0.3 is 15.4 Å². The first-order chi connectivity index (χ1) is 14.4. The van der Waals surface area contributed by atoms with Crippen LogP contribution < -0.4 is 10.6 Å². The van der Waals surface area contributed by atoms with E-state index >= 15 is 0 Å². The van der Waals surface area contributed by atoms with Crippen molar-refractivity contribution in [2.75, 3.05) is 32.8 Å². The van der Waals surface area contributed by atoms with Gasteiger partial charge in [-0.1, -0.05) is 6.92 Å². The second-order valence-corrected chi connectivity index (χ2v) is 9.04. The lowest BCUT2D eigenvalue weighted by Crippen LogP contribution is -2.47. The maximum Gasteiger partial charge on any atom is 0.391 e. The molecule has 0 aromatic rings. The maximum absolute atomic E-state index is 13.9. The fourth-order valence-electron chi connectivity index (χ4n) is 4.73. The minimum absolute atomic E-state index is 0.0180. The molecule has 3 nitrogen and oxygen atoms in total. The second-order valence-electron chi connectivity index (χ2n) is 9.04. The van der Waals surface area contributed by atoms with Crippen LogP contribution in [0.5, 0.6) is 0 Å². The third-order valence-corrected chi connectivity index (χ3v) is 6.79. The minimum Gasteiger partial charge on any atom is -0.379 e. The van der Waals surface area contributed by atoms with Crippen LogP contribution in [0.15, 0.2) is 0 Å². The van der Waals surface area contributed by atoms with E-state index in [1.54, 1.807) is 0 Å². The first kappa shape index (κ1) is 26.6. The van der Waals surface area contributed by atoms with E-state index in [-0.39, 0.29) is 51.1 Å². The molecule has 1 saturated heterocycles. The van der Waals surface area contributed by atoms with Crippen LogP contribution in [-0.2, 0) is 4.74 Å². The van der Waals surface area contributed by atoms with Crippen LogP contribution in [0.1, 0.15) is 58.3 Å². The predicted octanol–water partition coefficient (Wildman–Crippen LogP) is 5.40. The van der Waals surface area contributed by atoms with E-state index < -0.39 is 29.9 Å². The van der Waals surface area contributed by atoms with E-state index in [1.807, 2.05) is 6.92 Å². The SMILES string of the molecule is CCNCC1(F)CCC(C(F)(F)F)CC1.FC(F)(F)C1CCC(C2COCCN2)CC1. The molecule has 10 heteroatoms. The van der Waals surface area contributed by atoms with Gasteiger partial charge in [0.1, 0.15) is 5.67 Å². The predicted molar refractivity (Wildman–Crippen MR) is 105 cm³/mol. The number of nitrogens with one attached hydrogen (secondary N) is 2. The molecule has 0 amide bonds. The lowest BCUT2D eigenvalue weighted by Gasteiger charge is -2.36. The maximum atomic E-state index is 13.9. The van der Waals surface area contributed by atoms with Crippen LogP contribution in [0.2, 0.25) is 0 Å². The van der Waals surface area contributed by atoms with Crippen molar-refractivity contribution in [2.45, 2.75) is 82.4 Å². The fourth-order valence-corrected chi connectivity index (χ4v) is 4.73. The Bertz CT molecular complexity index is 505. The minimum atomic E-state index is -4.15. The Morgan fingerprint density at radius 3 is 1.90 bits per heavy atom. The molecule has 0 aromatic heterocycles. The molecular formula is C21H35F7N2O. The normalized spacial score (nSPS) is 35.2. The summed E-state index contributed by atoms with van der Waals surface area (Å²) in [4.78, 5) is 0. The van der Waals surface area contributed by atoms with E-state index in [4.69, 9.17) is 4.74 Å². The van der Waals surface area contributed by atoms with E-state index in [1.165, 1.54) is 0 Å². The molecule has 0 bridgehead atoms. The van der Waals surface area contributed by atoms with Crippen molar-refractivity contribution >= 4 is 0 Å². The summed E-state index contributed by atoms with van der Waals surface area (Å²) < 4.78 is 93.6. The number of rotatable bonds is 4. The third-order valence-electron chi connectivity index (χ3n) is 6.79. The Balaban J connectivity index is 0.000000221. The number of hydrogen-bond acceptors (Lipinski definition) is 3. The number of alkyl halides is 7. The smallest absolute Gasteiger partial charge is 0.379 e. The van der Waals surface area contributed by atoms with Gasteiger partial charge in [-0.2, -0.15) is 26.3 Å². The lowest BCUT2D eigenvalue weighted by atomic mass is 9.78. The summed E-state index contributed by atoms with van der Waals surface area (Å²) in [6.45, 7) is 4.87. The topological polar surface area (TPSA) is 33.3 Å². The first-order valence-corrected chi connectivity index (χ1v) is 11.3. The molecule has 3 fully saturated rings. The molecule has 184 valence electrons. The van der Waals surface area contributed by atoms with Gasteiger partial charge in [-0.05, 0) is 63.8 Å². The Morgan fingerprint density at radius 1 is 0.903 bits per heavy atom.